The van der Waals surface area contributed by atoms with Crippen molar-refractivity contribution in [2.45, 2.75) is 53.6 Å². The van der Waals surface area contributed by atoms with Crippen molar-refractivity contribution in [2.75, 3.05) is 11.9 Å². The number of rotatable bonds is 6. The van der Waals surface area contributed by atoms with Gasteiger partial charge in [0.2, 0.25) is 0 Å². The quantitative estimate of drug-likeness (QED) is 0.836. The van der Waals surface area contributed by atoms with Crippen LogP contribution in [0.5, 0.6) is 0 Å². The standard InChI is InChI=1S/C15H28N4O/c1-11(2)10-19-7-6-17-13(14(19)20)18-9-12(16)8-15(3,4)5/h6-7,11-12H,8-10,16H2,1-5H3,(H,17,18). The topological polar surface area (TPSA) is 72.9 Å². The predicted molar refractivity (Wildman–Crippen MR) is 83.9 cm³/mol. The Morgan fingerprint density at radius 1 is 1.40 bits per heavy atom. The van der Waals surface area contributed by atoms with Crippen LogP contribution in [-0.2, 0) is 6.54 Å². The number of aromatic nitrogens is 2. The van der Waals surface area contributed by atoms with Crippen molar-refractivity contribution in [1.29, 1.82) is 0 Å². The maximum atomic E-state index is 12.2. The van der Waals surface area contributed by atoms with E-state index < -0.39 is 0 Å². The zero-order valence-corrected chi connectivity index (χ0v) is 13.3. The van der Waals surface area contributed by atoms with E-state index in [0.29, 0.717) is 24.8 Å². The Morgan fingerprint density at radius 3 is 2.60 bits per heavy atom. The summed E-state index contributed by atoms with van der Waals surface area (Å²) in [4.78, 5) is 16.3. The highest BCUT2D eigenvalue weighted by Crippen LogP contribution is 2.19. The molecule has 0 aromatic carbocycles. The molecule has 0 aliphatic carbocycles. The van der Waals surface area contributed by atoms with E-state index in [9.17, 15) is 4.79 Å². The van der Waals surface area contributed by atoms with E-state index in [4.69, 9.17) is 5.73 Å². The van der Waals surface area contributed by atoms with Gasteiger partial charge >= 0.3 is 0 Å². The molecule has 5 nitrogen and oxygen atoms in total. The molecule has 0 radical (unpaired) electrons. The molecule has 1 atom stereocenters. The van der Waals surface area contributed by atoms with Gasteiger partial charge in [0, 0.05) is 31.5 Å². The van der Waals surface area contributed by atoms with Crippen LogP contribution in [0.15, 0.2) is 17.2 Å². The van der Waals surface area contributed by atoms with Crippen LogP contribution in [0.4, 0.5) is 5.82 Å². The molecule has 1 heterocycles. The SMILES string of the molecule is CC(C)Cn1ccnc(NCC(N)CC(C)(C)C)c1=O. The normalized spacial score (nSPS) is 13.6. The van der Waals surface area contributed by atoms with E-state index in [0.717, 1.165) is 6.42 Å². The van der Waals surface area contributed by atoms with Gasteiger partial charge in [-0.3, -0.25) is 4.79 Å². The minimum Gasteiger partial charge on any atom is -0.364 e. The lowest BCUT2D eigenvalue weighted by molar-refractivity contribution is 0.344. The Morgan fingerprint density at radius 2 is 2.05 bits per heavy atom. The second kappa shape index (κ2) is 6.88. The maximum absolute atomic E-state index is 12.2. The van der Waals surface area contributed by atoms with Gasteiger partial charge in [0.15, 0.2) is 5.82 Å². The van der Waals surface area contributed by atoms with Crippen molar-refractivity contribution in [3.05, 3.63) is 22.7 Å². The first-order chi connectivity index (χ1) is 9.19. The van der Waals surface area contributed by atoms with Gasteiger partial charge in [-0.15, -0.1) is 0 Å². The van der Waals surface area contributed by atoms with Crippen molar-refractivity contribution in [3.63, 3.8) is 0 Å². The third-order valence-electron chi connectivity index (χ3n) is 2.88. The Bertz CT molecular complexity index is 473. The number of hydrogen-bond acceptors (Lipinski definition) is 4. The van der Waals surface area contributed by atoms with Gasteiger partial charge in [-0.2, -0.15) is 0 Å². The smallest absolute Gasteiger partial charge is 0.293 e. The van der Waals surface area contributed by atoms with Crippen LogP contribution < -0.4 is 16.6 Å². The first kappa shape index (κ1) is 16.7. The molecule has 1 aromatic heterocycles. The summed E-state index contributed by atoms with van der Waals surface area (Å²) in [7, 11) is 0. The third kappa shape index (κ3) is 5.74. The van der Waals surface area contributed by atoms with Crippen LogP contribution in [0.2, 0.25) is 0 Å². The fourth-order valence-electron chi connectivity index (χ4n) is 2.19. The van der Waals surface area contributed by atoms with Crippen molar-refractivity contribution >= 4 is 5.82 Å². The summed E-state index contributed by atoms with van der Waals surface area (Å²) in [5.41, 5.74) is 6.18. The van der Waals surface area contributed by atoms with Crippen LogP contribution in [-0.4, -0.2) is 22.1 Å². The lowest BCUT2D eigenvalue weighted by atomic mass is 9.88. The predicted octanol–water partition coefficient (Wildman–Crippen LogP) is 2.07. The molecule has 0 amide bonds. The van der Waals surface area contributed by atoms with Crippen LogP contribution in [0, 0.1) is 11.3 Å². The molecule has 0 saturated carbocycles. The van der Waals surface area contributed by atoms with Crippen molar-refractivity contribution in [3.8, 4) is 0 Å². The summed E-state index contributed by atoms with van der Waals surface area (Å²) < 4.78 is 1.69. The number of nitrogens with two attached hydrogens (primary N) is 1. The van der Waals surface area contributed by atoms with E-state index >= 15 is 0 Å². The molecule has 0 saturated heterocycles. The highest BCUT2D eigenvalue weighted by Gasteiger charge is 2.16. The highest BCUT2D eigenvalue weighted by molar-refractivity contribution is 5.30. The van der Waals surface area contributed by atoms with Crippen LogP contribution in [0.25, 0.3) is 0 Å². The molecule has 1 unspecified atom stereocenters. The van der Waals surface area contributed by atoms with Gasteiger partial charge in [-0.05, 0) is 17.8 Å². The molecule has 20 heavy (non-hydrogen) atoms. The molecule has 1 rings (SSSR count). The Hall–Kier alpha value is -1.36. The van der Waals surface area contributed by atoms with E-state index in [-0.39, 0.29) is 17.0 Å². The second-order valence-corrected chi connectivity index (χ2v) is 7.03. The summed E-state index contributed by atoms with van der Waals surface area (Å²) in [6, 6.07) is 0.00922. The summed E-state index contributed by atoms with van der Waals surface area (Å²) in [6.07, 6.45) is 4.27. The Kier molecular flexibility index (Phi) is 5.74. The van der Waals surface area contributed by atoms with Gasteiger partial charge in [0.05, 0.1) is 0 Å². The molecule has 0 fully saturated rings. The molecule has 3 N–H and O–H groups in total. The average molecular weight is 280 g/mol. The van der Waals surface area contributed by atoms with Gasteiger partial charge < -0.3 is 15.6 Å². The van der Waals surface area contributed by atoms with Crippen LogP contribution in [0.1, 0.15) is 41.0 Å². The Balaban J connectivity index is 2.67. The minimum atomic E-state index is -0.0795. The molecule has 0 aliphatic rings. The number of nitrogens with one attached hydrogen (secondary N) is 1. The number of anilines is 1. The summed E-state index contributed by atoms with van der Waals surface area (Å²) in [5, 5.41) is 3.08. The minimum absolute atomic E-state index is 0.00922. The van der Waals surface area contributed by atoms with Crippen LogP contribution >= 0.6 is 0 Å². The van der Waals surface area contributed by atoms with Gasteiger partial charge in [-0.25, -0.2) is 4.98 Å². The van der Waals surface area contributed by atoms with Crippen molar-refractivity contribution in [1.82, 2.24) is 9.55 Å². The lowest BCUT2D eigenvalue weighted by Crippen LogP contribution is -2.35. The second-order valence-electron chi connectivity index (χ2n) is 7.03. The Labute approximate surface area is 121 Å². The van der Waals surface area contributed by atoms with E-state index in [1.807, 2.05) is 0 Å². The zero-order valence-electron chi connectivity index (χ0n) is 13.3. The highest BCUT2D eigenvalue weighted by atomic mass is 16.1. The largest absolute Gasteiger partial charge is 0.364 e. The summed E-state index contributed by atoms with van der Waals surface area (Å²) in [6.45, 7) is 11.9. The first-order valence-electron chi connectivity index (χ1n) is 7.24. The van der Waals surface area contributed by atoms with Gasteiger partial charge in [0.1, 0.15) is 0 Å². The molecular formula is C15H28N4O. The molecule has 1 aromatic rings. The van der Waals surface area contributed by atoms with E-state index in [1.54, 1.807) is 17.0 Å². The number of nitrogens with zero attached hydrogens (tertiary/aromatic N) is 2. The fourth-order valence-corrected chi connectivity index (χ4v) is 2.19. The van der Waals surface area contributed by atoms with Gasteiger partial charge in [0.25, 0.3) is 5.56 Å². The molecule has 0 spiro atoms. The monoisotopic (exact) mass is 280 g/mol. The lowest BCUT2D eigenvalue weighted by Gasteiger charge is -2.23. The van der Waals surface area contributed by atoms with Gasteiger partial charge in [-0.1, -0.05) is 34.6 Å². The van der Waals surface area contributed by atoms with E-state index in [1.165, 1.54) is 0 Å². The molecular weight excluding hydrogens is 252 g/mol. The first-order valence-corrected chi connectivity index (χ1v) is 7.24. The maximum Gasteiger partial charge on any atom is 0.293 e. The summed E-state index contributed by atoms with van der Waals surface area (Å²) in [5.74, 6) is 0.809. The molecule has 0 aliphatic heterocycles. The molecule has 114 valence electrons. The zero-order chi connectivity index (χ0) is 15.3. The van der Waals surface area contributed by atoms with Crippen molar-refractivity contribution in [2.24, 2.45) is 17.1 Å². The number of hydrogen-bond donors (Lipinski definition) is 2. The molecule has 0 bridgehead atoms. The fraction of sp³-hybridized carbons (Fsp3) is 0.733. The summed E-state index contributed by atoms with van der Waals surface area (Å²) >= 11 is 0. The van der Waals surface area contributed by atoms with Crippen LogP contribution in [0.3, 0.4) is 0 Å². The molecule has 5 heteroatoms. The van der Waals surface area contributed by atoms with E-state index in [2.05, 4.69) is 44.9 Å². The third-order valence-corrected chi connectivity index (χ3v) is 2.88. The van der Waals surface area contributed by atoms with Crippen molar-refractivity contribution < 1.29 is 0 Å². The average Bonchev–Trinajstić information content (AvgIpc) is 2.27.